The first kappa shape index (κ1) is 15.1. The monoisotopic (exact) mass is 398 g/mol. The standard InChI is InChI=1S/C15H12Br2O3/c1-19-15(18)11-6-3-2-5-10(11)9-20-14-12(16)7-4-8-13(14)17/h2-8H,9H2,1H3. The van der Waals surface area contributed by atoms with E-state index in [-0.39, 0.29) is 12.6 Å². The van der Waals surface area contributed by atoms with Crippen molar-refractivity contribution in [3.63, 3.8) is 0 Å². The zero-order valence-electron chi connectivity index (χ0n) is 10.7. The minimum absolute atomic E-state index is 0.284. The topological polar surface area (TPSA) is 35.5 Å². The number of rotatable bonds is 4. The molecule has 2 aromatic rings. The van der Waals surface area contributed by atoms with E-state index in [0.717, 1.165) is 14.5 Å². The highest BCUT2D eigenvalue weighted by molar-refractivity contribution is 9.11. The van der Waals surface area contributed by atoms with Gasteiger partial charge < -0.3 is 9.47 Å². The minimum Gasteiger partial charge on any atom is -0.487 e. The van der Waals surface area contributed by atoms with Gasteiger partial charge in [0.05, 0.1) is 21.6 Å². The molecular weight excluding hydrogens is 388 g/mol. The van der Waals surface area contributed by atoms with Crippen molar-refractivity contribution in [1.29, 1.82) is 0 Å². The van der Waals surface area contributed by atoms with Crippen molar-refractivity contribution in [2.45, 2.75) is 6.61 Å². The Morgan fingerprint density at radius 2 is 1.70 bits per heavy atom. The summed E-state index contributed by atoms with van der Waals surface area (Å²) in [7, 11) is 1.37. The first-order valence-electron chi connectivity index (χ1n) is 5.86. The van der Waals surface area contributed by atoms with Gasteiger partial charge in [0.15, 0.2) is 0 Å². The fraction of sp³-hybridized carbons (Fsp3) is 0.133. The predicted octanol–water partition coefficient (Wildman–Crippen LogP) is 4.58. The van der Waals surface area contributed by atoms with Gasteiger partial charge in [0, 0.05) is 5.56 Å². The minimum atomic E-state index is -0.365. The van der Waals surface area contributed by atoms with E-state index >= 15 is 0 Å². The van der Waals surface area contributed by atoms with Gasteiger partial charge >= 0.3 is 5.97 Å². The van der Waals surface area contributed by atoms with E-state index in [1.54, 1.807) is 12.1 Å². The molecule has 20 heavy (non-hydrogen) atoms. The summed E-state index contributed by atoms with van der Waals surface area (Å²) >= 11 is 6.87. The molecule has 0 aromatic heterocycles. The van der Waals surface area contributed by atoms with Crippen LogP contribution >= 0.6 is 31.9 Å². The van der Waals surface area contributed by atoms with E-state index in [4.69, 9.17) is 9.47 Å². The Labute approximate surface area is 134 Å². The van der Waals surface area contributed by atoms with E-state index in [2.05, 4.69) is 31.9 Å². The van der Waals surface area contributed by atoms with Crippen LogP contribution in [0.15, 0.2) is 51.4 Å². The summed E-state index contributed by atoms with van der Waals surface area (Å²) in [5.41, 5.74) is 1.29. The van der Waals surface area contributed by atoms with Crippen LogP contribution in [0, 0.1) is 0 Å². The molecule has 0 N–H and O–H groups in total. The van der Waals surface area contributed by atoms with Crippen molar-refractivity contribution < 1.29 is 14.3 Å². The van der Waals surface area contributed by atoms with Crippen LogP contribution in [0.3, 0.4) is 0 Å². The zero-order valence-corrected chi connectivity index (χ0v) is 13.9. The molecule has 2 rings (SSSR count). The number of hydrogen-bond acceptors (Lipinski definition) is 3. The highest BCUT2D eigenvalue weighted by Crippen LogP contribution is 2.33. The van der Waals surface area contributed by atoms with Gasteiger partial charge in [0.2, 0.25) is 0 Å². The number of carbonyl (C=O) groups excluding carboxylic acids is 1. The van der Waals surface area contributed by atoms with Gasteiger partial charge in [-0.05, 0) is 50.1 Å². The van der Waals surface area contributed by atoms with Gasteiger partial charge in [-0.25, -0.2) is 4.79 Å². The summed E-state index contributed by atoms with van der Waals surface area (Å²) in [6.07, 6.45) is 0. The number of esters is 1. The smallest absolute Gasteiger partial charge is 0.338 e. The first-order valence-corrected chi connectivity index (χ1v) is 7.45. The average molecular weight is 400 g/mol. The quantitative estimate of drug-likeness (QED) is 0.706. The molecule has 104 valence electrons. The third kappa shape index (κ3) is 3.41. The molecule has 0 saturated carbocycles. The molecule has 5 heteroatoms. The van der Waals surface area contributed by atoms with Gasteiger partial charge in [-0.3, -0.25) is 0 Å². The SMILES string of the molecule is COC(=O)c1ccccc1COc1c(Br)cccc1Br. The van der Waals surface area contributed by atoms with Crippen molar-refractivity contribution in [3.8, 4) is 5.75 Å². The molecule has 0 spiro atoms. The Kier molecular flexibility index (Phi) is 5.20. The third-order valence-corrected chi connectivity index (χ3v) is 3.96. The number of ether oxygens (including phenoxy) is 2. The maximum absolute atomic E-state index is 11.7. The van der Waals surface area contributed by atoms with Gasteiger partial charge in [-0.15, -0.1) is 0 Å². The van der Waals surface area contributed by atoms with E-state index in [1.165, 1.54) is 7.11 Å². The van der Waals surface area contributed by atoms with Crippen LogP contribution in [-0.4, -0.2) is 13.1 Å². The molecule has 0 bridgehead atoms. The van der Waals surface area contributed by atoms with Crippen molar-refractivity contribution in [1.82, 2.24) is 0 Å². The second kappa shape index (κ2) is 6.90. The first-order chi connectivity index (χ1) is 9.63. The third-order valence-electron chi connectivity index (χ3n) is 2.71. The lowest BCUT2D eigenvalue weighted by molar-refractivity contribution is 0.0597. The van der Waals surface area contributed by atoms with Crippen LogP contribution < -0.4 is 4.74 Å². The van der Waals surface area contributed by atoms with E-state index in [1.807, 2.05) is 30.3 Å². The number of halogens is 2. The van der Waals surface area contributed by atoms with Gasteiger partial charge in [0.25, 0.3) is 0 Å². The Bertz CT molecular complexity index is 606. The molecule has 0 fully saturated rings. The fourth-order valence-electron chi connectivity index (χ4n) is 1.73. The van der Waals surface area contributed by atoms with Crippen LogP contribution in [0.1, 0.15) is 15.9 Å². The van der Waals surface area contributed by atoms with Crippen LogP contribution in [0.2, 0.25) is 0 Å². The average Bonchev–Trinajstić information content (AvgIpc) is 2.46. The predicted molar refractivity (Wildman–Crippen MR) is 84.0 cm³/mol. The second-order valence-corrected chi connectivity index (χ2v) is 5.70. The largest absolute Gasteiger partial charge is 0.487 e. The molecule has 0 aliphatic carbocycles. The molecule has 3 nitrogen and oxygen atoms in total. The second-order valence-electron chi connectivity index (χ2n) is 3.99. The number of methoxy groups -OCH3 is 1. The molecular formula is C15H12Br2O3. The zero-order chi connectivity index (χ0) is 14.5. The summed E-state index contributed by atoms with van der Waals surface area (Å²) in [6, 6.07) is 12.9. The molecule has 0 aliphatic heterocycles. The Morgan fingerprint density at radius 3 is 2.35 bits per heavy atom. The molecule has 0 unspecified atom stereocenters. The number of hydrogen-bond donors (Lipinski definition) is 0. The van der Waals surface area contributed by atoms with Crippen molar-refractivity contribution in [2.24, 2.45) is 0 Å². The molecule has 0 atom stereocenters. The number of para-hydroxylation sites is 1. The molecule has 0 saturated heterocycles. The summed E-state index contributed by atoms with van der Waals surface area (Å²) in [5.74, 6) is 0.336. The van der Waals surface area contributed by atoms with E-state index in [0.29, 0.717) is 11.3 Å². The van der Waals surface area contributed by atoms with Crippen LogP contribution in [-0.2, 0) is 11.3 Å². The van der Waals surface area contributed by atoms with E-state index in [9.17, 15) is 4.79 Å². The number of benzene rings is 2. The van der Waals surface area contributed by atoms with Gasteiger partial charge in [0.1, 0.15) is 12.4 Å². The lowest BCUT2D eigenvalue weighted by Gasteiger charge is -2.12. The maximum atomic E-state index is 11.7. The molecule has 0 aliphatic rings. The van der Waals surface area contributed by atoms with Crippen molar-refractivity contribution in [2.75, 3.05) is 7.11 Å². The Morgan fingerprint density at radius 1 is 1.05 bits per heavy atom. The molecule has 2 aromatic carbocycles. The van der Waals surface area contributed by atoms with Gasteiger partial charge in [-0.1, -0.05) is 24.3 Å². The van der Waals surface area contributed by atoms with Crippen LogP contribution in [0.5, 0.6) is 5.75 Å². The molecule has 0 amide bonds. The molecule has 0 heterocycles. The van der Waals surface area contributed by atoms with Gasteiger partial charge in [-0.2, -0.15) is 0 Å². The summed E-state index contributed by atoms with van der Waals surface area (Å²) in [5, 5.41) is 0. The van der Waals surface area contributed by atoms with Crippen LogP contribution in [0.4, 0.5) is 0 Å². The number of carbonyl (C=O) groups is 1. The Hall–Kier alpha value is -1.33. The maximum Gasteiger partial charge on any atom is 0.338 e. The lowest BCUT2D eigenvalue weighted by atomic mass is 10.1. The lowest BCUT2D eigenvalue weighted by Crippen LogP contribution is -2.08. The molecule has 0 radical (unpaired) electrons. The fourth-order valence-corrected chi connectivity index (χ4v) is 2.95. The highest BCUT2D eigenvalue weighted by Gasteiger charge is 2.12. The van der Waals surface area contributed by atoms with Crippen molar-refractivity contribution >= 4 is 37.8 Å². The highest BCUT2D eigenvalue weighted by atomic mass is 79.9. The van der Waals surface area contributed by atoms with Crippen molar-refractivity contribution in [3.05, 3.63) is 62.5 Å². The summed E-state index contributed by atoms with van der Waals surface area (Å²) < 4.78 is 12.2. The van der Waals surface area contributed by atoms with E-state index < -0.39 is 0 Å². The summed E-state index contributed by atoms with van der Waals surface area (Å²) in [6.45, 7) is 0.284. The summed E-state index contributed by atoms with van der Waals surface area (Å²) in [4.78, 5) is 11.7. The normalized spacial score (nSPS) is 10.2. The Balaban J connectivity index is 2.21. The van der Waals surface area contributed by atoms with Crippen LogP contribution in [0.25, 0.3) is 0 Å².